The second kappa shape index (κ2) is 8.29. The number of nitrogens with zero attached hydrogens (tertiary/aromatic N) is 2. The molecule has 0 saturated heterocycles. The molecule has 0 radical (unpaired) electrons. The minimum absolute atomic E-state index is 0.0147. The monoisotopic (exact) mass is 266 g/mol. The van der Waals surface area contributed by atoms with Crippen molar-refractivity contribution in [2.45, 2.75) is 39.7 Å². The Bertz CT molecular complexity index is 456. The van der Waals surface area contributed by atoms with Crippen LogP contribution in [0.4, 0.5) is 5.82 Å². The Hall–Kier alpha value is -1.85. The molecule has 6 nitrogen and oxygen atoms in total. The van der Waals surface area contributed by atoms with Gasteiger partial charge in [0.1, 0.15) is 0 Å². The van der Waals surface area contributed by atoms with Crippen LogP contribution < -0.4 is 16.2 Å². The average Bonchev–Trinajstić information content (AvgIpc) is 2.41. The summed E-state index contributed by atoms with van der Waals surface area (Å²) in [5.74, 6) is 0.290. The van der Waals surface area contributed by atoms with Gasteiger partial charge in [-0.3, -0.25) is 9.59 Å². The van der Waals surface area contributed by atoms with Crippen molar-refractivity contribution in [2.75, 3.05) is 18.4 Å². The molecule has 2 N–H and O–H groups in total. The Morgan fingerprint density at radius 3 is 2.79 bits per heavy atom. The summed E-state index contributed by atoms with van der Waals surface area (Å²) in [7, 11) is 0. The molecule has 0 unspecified atom stereocenters. The Kier molecular flexibility index (Phi) is 6.63. The Morgan fingerprint density at radius 1 is 1.32 bits per heavy atom. The molecule has 106 valence electrons. The van der Waals surface area contributed by atoms with Crippen LogP contribution in [0.5, 0.6) is 0 Å². The first-order valence-corrected chi connectivity index (χ1v) is 6.75. The number of rotatable bonds is 8. The van der Waals surface area contributed by atoms with Crippen LogP contribution in [-0.2, 0) is 11.3 Å². The van der Waals surface area contributed by atoms with E-state index in [0.717, 1.165) is 12.8 Å². The molecule has 0 fully saturated rings. The van der Waals surface area contributed by atoms with Gasteiger partial charge in [0.25, 0.3) is 5.56 Å². The number of carbonyl (C=O) groups is 1. The Balaban J connectivity index is 2.47. The molecule has 0 spiro atoms. The number of aromatic nitrogens is 2. The topological polar surface area (TPSA) is 76.0 Å². The number of carbonyl (C=O) groups excluding carboxylic acids is 1. The highest BCUT2D eigenvalue weighted by molar-refractivity contribution is 5.76. The molecule has 0 aliphatic heterocycles. The van der Waals surface area contributed by atoms with Gasteiger partial charge in [0, 0.05) is 38.4 Å². The summed E-state index contributed by atoms with van der Waals surface area (Å²) in [6.45, 7) is 5.79. The number of amides is 1. The first-order valence-electron chi connectivity index (χ1n) is 6.75. The van der Waals surface area contributed by atoms with Crippen LogP contribution in [0.15, 0.2) is 17.2 Å². The summed E-state index contributed by atoms with van der Waals surface area (Å²) in [5.41, 5.74) is -0.140. The van der Waals surface area contributed by atoms with E-state index in [1.54, 1.807) is 17.0 Å². The Labute approximate surface area is 113 Å². The van der Waals surface area contributed by atoms with Gasteiger partial charge in [-0.15, -0.1) is 0 Å². The van der Waals surface area contributed by atoms with Crippen LogP contribution in [0.2, 0.25) is 0 Å². The molecule has 1 heterocycles. The molecule has 1 aromatic heterocycles. The number of hydrogen-bond acceptors (Lipinski definition) is 4. The zero-order chi connectivity index (χ0) is 14.1. The van der Waals surface area contributed by atoms with Crippen molar-refractivity contribution in [3.05, 3.63) is 22.7 Å². The first kappa shape index (κ1) is 15.2. The SMILES string of the molecule is CCCNC(=O)CCNc1nccn(CCC)c1=O. The number of hydrogen-bond donors (Lipinski definition) is 2. The maximum absolute atomic E-state index is 11.9. The fraction of sp³-hybridized carbons (Fsp3) is 0.615. The largest absolute Gasteiger partial charge is 0.365 e. The van der Waals surface area contributed by atoms with Gasteiger partial charge in [0.15, 0.2) is 5.82 Å². The summed E-state index contributed by atoms with van der Waals surface area (Å²) < 4.78 is 1.62. The van der Waals surface area contributed by atoms with Crippen LogP contribution in [0.3, 0.4) is 0 Å². The predicted octanol–water partition coefficient (Wildman–Crippen LogP) is 0.981. The second-order valence-electron chi connectivity index (χ2n) is 4.30. The normalized spacial score (nSPS) is 10.2. The molecular weight excluding hydrogens is 244 g/mol. The summed E-state index contributed by atoms with van der Waals surface area (Å²) in [6.07, 6.45) is 5.41. The standard InChI is InChI=1S/C13H22N4O2/c1-3-6-14-11(18)5-7-15-12-13(19)17(9-4-2)10-8-16-12/h8,10H,3-7,9H2,1-2H3,(H,14,18)(H,15,16). The lowest BCUT2D eigenvalue weighted by molar-refractivity contribution is -0.120. The van der Waals surface area contributed by atoms with Gasteiger partial charge in [-0.1, -0.05) is 13.8 Å². The maximum Gasteiger partial charge on any atom is 0.293 e. The van der Waals surface area contributed by atoms with Crippen LogP contribution in [-0.4, -0.2) is 28.5 Å². The Morgan fingerprint density at radius 2 is 2.11 bits per heavy atom. The van der Waals surface area contributed by atoms with Crippen molar-refractivity contribution in [2.24, 2.45) is 0 Å². The predicted molar refractivity (Wildman–Crippen MR) is 75.2 cm³/mol. The molecule has 0 atom stereocenters. The van der Waals surface area contributed by atoms with E-state index in [1.807, 2.05) is 13.8 Å². The van der Waals surface area contributed by atoms with E-state index >= 15 is 0 Å². The van der Waals surface area contributed by atoms with Crippen molar-refractivity contribution in [1.82, 2.24) is 14.9 Å². The first-order chi connectivity index (χ1) is 9.19. The van der Waals surface area contributed by atoms with Crippen LogP contribution in [0.25, 0.3) is 0 Å². The highest BCUT2D eigenvalue weighted by Gasteiger charge is 2.05. The van der Waals surface area contributed by atoms with Gasteiger partial charge < -0.3 is 15.2 Å². The molecular formula is C13H22N4O2. The number of anilines is 1. The molecule has 6 heteroatoms. The minimum Gasteiger partial charge on any atom is -0.365 e. The average molecular weight is 266 g/mol. The zero-order valence-corrected chi connectivity index (χ0v) is 11.6. The quantitative estimate of drug-likeness (QED) is 0.735. The van der Waals surface area contributed by atoms with Gasteiger partial charge >= 0.3 is 0 Å². The van der Waals surface area contributed by atoms with Crippen molar-refractivity contribution >= 4 is 11.7 Å². The zero-order valence-electron chi connectivity index (χ0n) is 11.6. The van der Waals surface area contributed by atoms with E-state index in [0.29, 0.717) is 31.9 Å². The van der Waals surface area contributed by atoms with Gasteiger partial charge in [0.05, 0.1) is 0 Å². The third-order valence-corrected chi connectivity index (χ3v) is 2.59. The highest BCUT2D eigenvalue weighted by Crippen LogP contribution is 1.95. The third-order valence-electron chi connectivity index (χ3n) is 2.59. The summed E-state index contributed by atoms with van der Waals surface area (Å²) >= 11 is 0. The van der Waals surface area contributed by atoms with E-state index in [-0.39, 0.29) is 11.5 Å². The van der Waals surface area contributed by atoms with Crippen LogP contribution in [0, 0.1) is 0 Å². The van der Waals surface area contributed by atoms with Gasteiger partial charge in [-0.25, -0.2) is 4.98 Å². The molecule has 1 aromatic rings. The fourth-order valence-corrected chi connectivity index (χ4v) is 1.63. The third kappa shape index (κ3) is 5.11. The molecule has 0 saturated carbocycles. The van der Waals surface area contributed by atoms with E-state index in [9.17, 15) is 9.59 Å². The molecule has 1 amide bonds. The molecule has 1 rings (SSSR count). The van der Waals surface area contributed by atoms with E-state index in [2.05, 4.69) is 15.6 Å². The van der Waals surface area contributed by atoms with Crippen molar-refractivity contribution in [3.63, 3.8) is 0 Å². The van der Waals surface area contributed by atoms with Gasteiger partial charge in [0.2, 0.25) is 5.91 Å². The van der Waals surface area contributed by atoms with Crippen molar-refractivity contribution in [3.8, 4) is 0 Å². The van der Waals surface area contributed by atoms with Crippen molar-refractivity contribution < 1.29 is 4.79 Å². The van der Waals surface area contributed by atoms with E-state index in [4.69, 9.17) is 0 Å². The molecule has 0 aliphatic rings. The number of nitrogens with one attached hydrogen (secondary N) is 2. The summed E-state index contributed by atoms with van der Waals surface area (Å²) in [5, 5.41) is 5.70. The van der Waals surface area contributed by atoms with Crippen molar-refractivity contribution in [1.29, 1.82) is 0 Å². The lowest BCUT2D eigenvalue weighted by Crippen LogP contribution is -2.28. The highest BCUT2D eigenvalue weighted by atomic mass is 16.1. The second-order valence-corrected chi connectivity index (χ2v) is 4.30. The van der Waals surface area contributed by atoms with Crippen LogP contribution in [0.1, 0.15) is 33.1 Å². The number of aryl methyl sites for hydroxylation is 1. The lowest BCUT2D eigenvalue weighted by Gasteiger charge is -2.08. The lowest BCUT2D eigenvalue weighted by atomic mass is 10.3. The molecule has 19 heavy (non-hydrogen) atoms. The maximum atomic E-state index is 11.9. The summed E-state index contributed by atoms with van der Waals surface area (Å²) in [6, 6.07) is 0. The van der Waals surface area contributed by atoms with E-state index < -0.39 is 0 Å². The van der Waals surface area contributed by atoms with Crippen LogP contribution >= 0.6 is 0 Å². The minimum atomic E-state index is -0.140. The summed E-state index contributed by atoms with van der Waals surface area (Å²) in [4.78, 5) is 27.3. The van der Waals surface area contributed by atoms with E-state index in [1.165, 1.54) is 0 Å². The van der Waals surface area contributed by atoms with Gasteiger partial charge in [-0.05, 0) is 12.8 Å². The fourth-order valence-electron chi connectivity index (χ4n) is 1.63. The molecule has 0 aromatic carbocycles. The molecule has 0 bridgehead atoms. The van der Waals surface area contributed by atoms with Gasteiger partial charge in [-0.2, -0.15) is 0 Å². The smallest absolute Gasteiger partial charge is 0.293 e. The molecule has 0 aliphatic carbocycles.